The van der Waals surface area contributed by atoms with E-state index < -0.39 is 11.2 Å². The largest absolute Gasteiger partial charge is 0.393 e. The predicted molar refractivity (Wildman–Crippen MR) is 89.8 cm³/mol. The molecule has 4 aliphatic rings. The first-order valence-electron chi connectivity index (χ1n) is 9.57. The van der Waals surface area contributed by atoms with Gasteiger partial charge in [0.15, 0.2) is 0 Å². The van der Waals surface area contributed by atoms with Gasteiger partial charge >= 0.3 is 0 Å². The molecule has 3 nitrogen and oxygen atoms in total. The zero-order valence-electron chi connectivity index (χ0n) is 15.2. The molecule has 0 aromatic rings. The van der Waals surface area contributed by atoms with Crippen molar-refractivity contribution in [3.63, 3.8) is 0 Å². The maximum absolute atomic E-state index is 11.0. The van der Waals surface area contributed by atoms with Crippen molar-refractivity contribution in [3.8, 4) is 0 Å². The highest BCUT2D eigenvalue weighted by Gasteiger charge is 2.71. The first kappa shape index (κ1) is 16.4. The minimum atomic E-state index is -0.951. The summed E-state index contributed by atoms with van der Waals surface area (Å²) in [4.78, 5) is 0. The lowest BCUT2D eigenvalue weighted by molar-refractivity contribution is -0.185. The summed E-state index contributed by atoms with van der Waals surface area (Å²) in [5.41, 5.74) is -1.44. The van der Waals surface area contributed by atoms with Crippen molar-refractivity contribution >= 4 is 0 Å². The second-order valence-electron chi connectivity index (χ2n) is 10.8. The van der Waals surface area contributed by atoms with Crippen molar-refractivity contribution in [2.24, 2.45) is 28.1 Å². The number of hydrogen-bond acceptors (Lipinski definition) is 3. The van der Waals surface area contributed by atoms with E-state index in [0.717, 1.165) is 38.5 Å². The van der Waals surface area contributed by atoms with E-state index in [0.29, 0.717) is 18.3 Å². The van der Waals surface area contributed by atoms with Gasteiger partial charge in [0, 0.05) is 0 Å². The van der Waals surface area contributed by atoms with Gasteiger partial charge in [0.2, 0.25) is 0 Å². The van der Waals surface area contributed by atoms with Crippen LogP contribution in [-0.2, 0) is 0 Å². The molecule has 1 spiro atoms. The second kappa shape index (κ2) is 4.34. The average Bonchev–Trinajstić information content (AvgIpc) is 2.48. The van der Waals surface area contributed by atoms with E-state index in [9.17, 15) is 15.3 Å². The highest BCUT2D eigenvalue weighted by molar-refractivity contribution is 5.21. The first-order chi connectivity index (χ1) is 10.4. The molecule has 0 aromatic carbocycles. The van der Waals surface area contributed by atoms with Crippen molar-refractivity contribution < 1.29 is 15.3 Å². The van der Waals surface area contributed by atoms with Crippen LogP contribution in [0.4, 0.5) is 0 Å². The standard InChI is InChI=1S/C20H34O3/c1-16(2)9-13(21)10-17(3)14(16)5-7-19-11-18(4,22)20(23,12-19)8-6-15(17)19/h13-15,21-23H,5-12H2,1-4H3/t13-,14?,15?,17-,18-,19-,20+/m1/s1. The molecule has 0 saturated heterocycles. The summed E-state index contributed by atoms with van der Waals surface area (Å²) >= 11 is 0. The van der Waals surface area contributed by atoms with Gasteiger partial charge in [-0.2, -0.15) is 0 Å². The second-order valence-corrected chi connectivity index (χ2v) is 10.8. The van der Waals surface area contributed by atoms with E-state index in [2.05, 4.69) is 20.8 Å². The summed E-state index contributed by atoms with van der Waals surface area (Å²) in [6, 6.07) is 0. The molecule has 2 unspecified atom stereocenters. The van der Waals surface area contributed by atoms with Gasteiger partial charge in [-0.3, -0.25) is 0 Å². The van der Waals surface area contributed by atoms with Crippen LogP contribution in [0.1, 0.15) is 79.1 Å². The van der Waals surface area contributed by atoms with Crippen molar-refractivity contribution in [1.29, 1.82) is 0 Å². The summed E-state index contributed by atoms with van der Waals surface area (Å²) in [5, 5.41) is 32.5. The highest BCUT2D eigenvalue weighted by atomic mass is 16.4. The van der Waals surface area contributed by atoms with Crippen molar-refractivity contribution in [2.45, 2.75) is 96.4 Å². The average molecular weight is 322 g/mol. The smallest absolute Gasteiger partial charge is 0.0936 e. The van der Waals surface area contributed by atoms with E-state index in [-0.39, 0.29) is 22.3 Å². The molecule has 0 aliphatic heterocycles. The molecule has 4 rings (SSSR count). The molecular weight excluding hydrogens is 288 g/mol. The van der Waals surface area contributed by atoms with Crippen LogP contribution >= 0.6 is 0 Å². The molecule has 23 heavy (non-hydrogen) atoms. The third-order valence-electron chi connectivity index (χ3n) is 8.83. The zero-order valence-corrected chi connectivity index (χ0v) is 15.2. The van der Waals surface area contributed by atoms with Gasteiger partial charge in [-0.05, 0) is 86.4 Å². The van der Waals surface area contributed by atoms with Crippen LogP contribution in [0.2, 0.25) is 0 Å². The monoisotopic (exact) mass is 322 g/mol. The third-order valence-corrected chi connectivity index (χ3v) is 8.83. The van der Waals surface area contributed by atoms with E-state index in [1.807, 2.05) is 6.92 Å². The van der Waals surface area contributed by atoms with E-state index in [1.165, 1.54) is 6.42 Å². The molecule has 0 heterocycles. The Morgan fingerprint density at radius 1 is 0.826 bits per heavy atom. The Labute approximate surface area is 140 Å². The molecule has 0 radical (unpaired) electrons. The number of fused-ring (bicyclic) bond motifs is 3. The topological polar surface area (TPSA) is 60.7 Å². The summed E-state index contributed by atoms with van der Waals surface area (Å²) in [5.74, 6) is 1.17. The molecule has 3 heteroatoms. The Bertz CT molecular complexity index is 523. The molecule has 132 valence electrons. The summed E-state index contributed by atoms with van der Waals surface area (Å²) in [6.45, 7) is 8.92. The Morgan fingerprint density at radius 3 is 2.17 bits per heavy atom. The van der Waals surface area contributed by atoms with Crippen molar-refractivity contribution in [2.75, 3.05) is 0 Å². The van der Waals surface area contributed by atoms with Crippen LogP contribution in [0.3, 0.4) is 0 Å². The highest BCUT2D eigenvalue weighted by Crippen LogP contribution is 2.73. The maximum Gasteiger partial charge on any atom is 0.0936 e. The van der Waals surface area contributed by atoms with E-state index in [1.54, 1.807) is 0 Å². The maximum atomic E-state index is 11.0. The summed E-state index contributed by atoms with van der Waals surface area (Å²) < 4.78 is 0. The lowest BCUT2D eigenvalue weighted by atomic mass is 9.41. The fraction of sp³-hybridized carbons (Fsp3) is 1.00. The van der Waals surface area contributed by atoms with Gasteiger partial charge in [0.1, 0.15) is 0 Å². The lowest BCUT2D eigenvalue weighted by Gasteiger charge is -2.64. The third kappa shape index (κ3) is 1.93. The molecule has 4 saturated carbocycles. The van der Waals surface area contributed by atoms with E-state index >= 15 is 0 Å². The van der Waals surface area contributed by atoms with Crippen molar-refractivity contribution in [1.82, 2.24) is 0 Å². The Hall–Kier alpha value is -0.120. The molecule has 2 bridgehead atoms. The summed E-state index contributed by atoms with van der Waals surface area (Å²) in [7, 11) is 0. The van der Waals surface area contributed by atoms with Gasteiger partial charge in [0.25, 0.3) is 0 Å². The quantitative estimate of drug-likeness (QED) is 0.641. The van der Waals surface area contributed by atoms with Gasteiger partial charge in [-0.15, -0.1) is 0 Å². The number of aliphatic hydroxyl groups excluding tert-OH is 1. The Morgan fingerprint density at radius 2 is 1.48 bits per heavy atom. The van der Waals surface area contributed by atoms with Gasteiger partial charge < -0.3 is 15.3 Å². The van der Waals surface area contributed by atoms with E-state index in [4.69, 9.17) is 0 Å². The number of hydrogen-bond donors (Lipinski definition) is 3. The Balaban J connectivity index is 1.76. The molecule has 3 N–H and O–H groups in total. The van der Waals surface area contributed by atoms with Crippen LogP contribution in [0.25, 0.3) is 0 Å². The molecule has 0 aromatic heterocycles. The van der Waals surface area contributed by atoms with Gasteiger partial charge in [0.05, 0.1) is 17.3 Å². The van der Waals surface area contributed by atoms with Crippen LogP contribution < -0.4 is 0 Å². The van der Waals surface area contributed by atoms with Gasteiger partial charge in [-0.1, -0.05) is 20.8 Å². The molecular formula is C20H34O3. The first-order valence-corrected chi connectivity index (χ1v) is 9.57. The van der Waals surface area contributed by atoms with Crippen molar-refractivity contribution in [3.05, 3.63) is 0 Å². The fourth-order valence-corrected chi connectivity index (χ4v) is 8.26. The normalized spacial score (nSPS) is 60.9. The fourth-order valence-electron chi connectivity index (χ4n) is 8.26. The van der Waals surface area contributed by atoms with Crippen LogP contribution in [0.15, 0.2) is 0 Å². The molecule has 7 atom stereocenters. The van der Waals surface area contributed by atoms with Crippen LogP contribution in [0, 0.1) is 28.1 Å². The minimum Gasteiger partial charge on any atom is -0.393 e. The molecule has 4 fully saturated rings. The SMILES string of the molecule is CC1(C)C[C@@H](O)C[C@]2(C)C1CC[C@@]13C[C@@](O)(CCC12)[C@](C)(O)C3. The van der Waals surface area contributed by atoms with Gasteiger partial charge in [-0.25, -0.2) is 0 Å². The predicted octanol–water partition coefficient (Wildman–Crippen LogP) is 3.26. The minimum absolute atomic E-state index is 0.0783. The van der Waals surface area contributed by atoms with Crippen LogP contribution in [-0.4, -0.2) is 32.6 Å². The molecule has 0 amide bonds. The zero-order chi connectivity index (χ0) is 16.9. The summed E-state index contributed by atoms with van der Waals surface area (Å²) in [6.07, 6.45) is 7.13. The van der Waals surface area contributed by atoms with Crippen LogP contribution in [0.5, 0.6) is 0 Å². The Kier molecular flexibility index (Phi) is 3.09. The molecule has 4 aliphatic carbocycles. The lowest BCUT2D eigenvalue weighted by Crippen LogP contribution is -2.59. The number of rotatable bonds is 0. The number of aliphatic hydroxyl groups is 3.